The molecule has 0 fully saturated rings. The first-order valence-corrected chi connectivity index (χ1v) is 3.40. The van der Waals surface area contributed by atoms with Crippen molar-refractivity contribution in [1.82, 2.24) is 0 Å². The maximum atomic E-state index is 4.18. The molecule has 0 saturated heterocycles. The van der Waals surface area contributed by atoms with E-state index in [-0.39, 0.29) is 0 Å². The van der Waals surface area contributed by atoms with Crippen LogP contribution in [0.2, 0.25) is 0 Å². The summed E-state index contributed by atoms with van der Waals surface area (Å²) in [6, 6.07) is 0. The van der Waals surface area contributed by atoms with Crippen LogP contribution in [-0.2, 0) is 0 Å². The number of rotatable bonds is 0. The summed E-state index contributed by atoms with van der Waals surface area (Å²) in [5.41, 5.74) is 1.14. The summed E-state index contributed by atoms with van der Waals surface area (Å²) in [5.74, 6) is 0. The molecule has 38 valence electrons. The van der Waals surface area contributed by atoms with Crippen LogP contribution in [0.25, 0.3) is 0 Å². The molecule has 0 radical (unpaired) electrons. The highest BCUT2D eigenvalue weighted by Crippen LogP contribution is 2.09. The first kappa shape index (κ1) is 5.28. The highest BCUT2D eigenvalue weighted by molar-refractivity contribution is 14.1. The number of alkyl halides is 1. The van der Waals surface area contributed by atoms with Crippen molar-refractivity contribution < 1.29 is 0 Å². The van der Waals surface area contributed by atoms with Gasteiger partial charge in [0.1, 0.15) is 4.05 Å². The van der Waals surface area contributed by atoms with E-state index in [4.69, 9.17) is 0 Å². The Morgan fingerprint density at radius 3 is 2.71 bits per heavy atom. The Balaban J connectivity index is 2.69. The molecule has 1 nitrogen and oxygen atoms in total. The van der Waals surface area contributed by atoms with Gasteiger partial charge in [-0.2, -0.15) is 0 Å². The quantitative estimate of drug-likeness (QED) is 0.326. The van der Waals surface area contributed by atoms with E-state index in [1.165, 1.54) is 0 Å². The molecule has 7 heavy (non-hydrogen) atoms. The van der Waals surface area contributed by atoms with Gasteiger partial charge in [0.05, 0.1) is 0 Å². The molecule has 1 heterocycles. The maximum absolute atomic E-state index is 4.18. The van der Waals surface area contributed by atoms with Crippen LogP contribution in [0.5, 0.6) is 0 Å². The highest BCUT2D eigenvalue weighted by Gasteiger charge is 1.99. The van der Waals surface area contributed by atoms with E-state index in [2.05, 4.69) is 33.7 Å². The summed E-state index contributed by atoms with van der Waals surface area (Å²) in [5, 5.41) is 0. The zero-order valence-electron chi connectivity index (χ0n) is 4.06. The molecule has 0 spiro atoms. The van der Waals surface area contributed by atoms with Gasteiger partial charge in [-0.1, -0.05) is 22.6 Å². The molecule has 0 bridgehead atoms. The fourth-order valence-corrected chi connectivity index (χ4v) is 1.15. The number of aliphatic imine (C=N–C) groups is 1. The largest absolute Gasteiger partial charge is 0.272 e. The van der Waals surface area contributed by atoms with Gasteiger partial charge in [-0.25, -0.2) is 0 Å². The topological polar surface area (TPSA) is 12.4 Å². The van der Waals surface area contributed by atoms with Crippen molar-refractivity contribution >= 4 is 28.3 Å². The van der Waals surface area contributed by atoms with Gasteiger partial charge >= 0.3 is 0 Å². The number of hydrogen-bond acceptors (Lipinski definition) is 1. The minimum atomic E-state index is 0.401. The van der Waals surface area contributed by atoms with Crippen molar-refractivity contribution in [2.75, 3.05) is 0 Å². The number of allylic oxidation sites excluding steroid dienone is 1. The Morgan fingerprint density at radius 1 is 1.86 bits per heavy atom. The molecule has 1 aliphatic rings. The lowest BCUT2D eigenvalue weighted by atomic mass is 10.4. The van der Waals surface area contributed by atoms with Gasteiger partial charge in [-0.05, 0) is 19.1 Å². The third-order valence-corrected chi connectivity index (χ3v) is 1.52. The second-order valence-electron chi connectivity index (χ2n) is 1.50. The SMILES string of the molecule is CC1=NC(I)C=C1. The summed E-state index contributed by atoms with van der Waals surface area (Å²) in [4.78, 5) is 4.18. The standard InChI is InChI=1S/C5H6IN/c1-4-2-3-5(6)7-4/h2-3,5H,1H3. The second-order valence-corrected chi connectivity index (χ2v) is 2.78. The summed E-state index contributed by atoms with van der Waals surface area (Å²) in [7, 11) is 0. The predicted molar refractivity (Wildman–Crippen MR) is 40.1 cm³/mol. The summed E-state index contributed by atoms with van der Waals surface area (Å²) >= 11 is 2.27. The smallest absolute Gasteiger partial charge is 0.120 e. The lowest BCUT2D eigenvalue weighted by Gasteiger charge is -1.84. The first-order valence-electron chi connectivity index (χ1n) is 2.16. The molecule has 0 N–H and O–H groups in total. The molecule has 1 aliphatic heterocycles. The predicted octanol–water partition coefficient (Wildman–Crippen LogP) is 1.78. The van der Waals surface area contributed by atoms with Gasteiger partial charge in [-0.15, -0.1) is 0 Å². The number of nitrogens with zero attached hydrogens (tertiary/aromatic N) is 1. The van der Waals surface area contributed by atoms with Crippen LogP contribution in [-0.4, -0.2) is 9.76 Å². The van der Waals surface area contributed by atoms with E-state index >= 15 is 0 Å². The van der Waals surface area contributed by atoms with Crippen molar-refractivity contribution in [3.05, 3.63) is 12.2 Å². The maximum Gasteiger partial charge on any atom is 0.120 e. The van der Waals surface area contributed by atoms with Crippen LogP contribution in [0.4, 0.5) is 0 Å². The second kappa shape index (κ2) is 1.94. The molecule has 0 amide bonds. The Hall–Kier alpha value is 0.140. The van der Waals surface area contributed by atoms with Gasteiger partial charge in [0.15, 0.2) is 0 Å². The Bertz CT molecular complexity index is 126. The third-order valence-electron chi connectivity index (χ3n) is 0.823. The summed E-state index contributed by atoms with van der Waals surface area (Å²) in [6.07, 6.45) is 4.12. The summed E-state index contributed by atoms with van der Waals surface area (Å²) in [6.45, 7) is 2.01. The molecular weight excluding hydrogens is 201 g/mol. The highest BCUT2D eigenvalue weighted by atomic mass is 127. The lowest BCUT2D eigenvalue weighted by molar-refractivity contribution is 1.24. The van der Waals surface area contributed by atoms with Crippen molar-refractivity contribution in [2.24, 2.45) is 4.99 Å². The van der Waals surface area contributed by atoms with Crippen LogP contribution < -0.4 is 0 Å². The minimum absolute atomic E-state index is 0.401. The summed E-state index contributed by atoms with van der Waals surface area (Å²) < 4.78 is 0.401. The molecule has 1 rings (SSSR count). The Labute approximate surface area is 56.7 Å². The molecule has 0 aromatic heterocycles. The molecule has 1 unspecified atom stereocenters. The zero-order chi connectivity index (χ0) is 5.28. The van der Waals surface area contributed by atoms with E-state index in [1.54, 1.807) is 0 Å². The molecule has 0 aliphatic carbocycles. The van der Waals surface area contributed by atoms with Crippen molar-refractivity contribution in [2.45, 2.75) is 11.0 Å². The normalized spacial score (nSPS) is 28.3. The van der Waals surface area contributed by atoms with E-state index in [0.29, 0.717) is 4.05 Å². The Morgan fingerprint density at radius 2 is 2.57 bits per heavy atom. The van der Waals surface area contributed by atoms with E-state index in [0.717, 1.165) is 5.71 Å². The van der Waals surface area contributed by atoms with E-state index < -0.39 is 0 Å². The minimum Gasteiger partial charge on any atom is -0.272 e. The fraction of sp³-hybridized carbons (Fsp3) is 0.400. The molecular formula is C5H6IN. The van der Waals surface area contributed by atoms with Crippen molar-refractivity contribution in [3.8, 4) is 0 Å². The Kier molecular flexibility index (Phi) is 1.46. The molecule has 0 saturated carbocycles. The first-order chi connectivity index (χ1) is 3.29. The molecule has 0 aromatic rings. The average Bonchev–Trinajstić information content (AvgIpc) is 1.87. The molecule has 1 atom stereocenters. The van der Waals surface area contributed by atoms with Crippen molar-refractivity contribution in [1.29, 1.82) is 0 Å². The van der Waals surface area contributed by atoms with Gasteiger partial charge in [0, 0.05) is 5.71 Å². The van der Waals surface area contributed by atoms with Gasteiger partial charge in [0.2, 0.25) is 0 Å². The average molecular weight is 207 g/mol. The monoisotopic (exact) mass is 207 g/mol. The van der Waals surface area contributed by atoms with Crippen molar-refractivity contribution in [3.63, 3.8) is 0 Å². The van der Waals surface area contributed by atoms with Gasteiger partial charge in [-0.3, -0.25) is 4.99 Å². The van der Waals surface area contributed by atoms with Crippen LogP contribution in [0.3, 0.4) is 0 Å². The van der Waals surface area contributed by atoms with Gasteiger partial charge < -0.3 is 0 Å². The van der Waals surface area contributed by atoms with Crippen LogP contribution in [0, 0.1) is 0 Å². The van der Waals surface area contributed by atoms with Crippen LogP contribution in [0.15, 0.2) is 17.1 Å². The van der Waals surface area contributed by atoms with Gasteiger partial charge in [0.25, 0.3) is 0 Å². The number of halogens is 1. The van der Waals surface area contributed by atoms with Crippen LogP contribution >= 0.6 is 22.6 Å². The fourth-order valence-electron chi connectivity index (χ4n) is 0.499. The molecule has 2 heteroatoms. The van der Waals surface area contributed by atoms with Crippen LogP contribution in [0.1, 0.15) is 6.92 Å². The van der Waals surface area contributed by atoms with E-state index in [9.17, 15) is 0 Å². The van der Waals surface area contributed by atoms with E-state index in [1.807, 2.05) is 13.0 Å². The lowest BCUT2D eigenvalue weighted by Crippen LogP contribution is -1.80. The third kappa shape index (κ3) is 1.26. The number of hydrogen-bond donors (Lipinski definition) is 0. The molecule has 0 aromatic carbocycles. The zero-order valence-corrected chi connectivity index (χ0v) is 6.21.